The van der Waals surface area contributed by atoms with E-state index < -0.39 is 0 Å². The first-order valence-corrected chi connectivity index (χ1v) is 10.8. The first kappa shape index (κ1) is 21.6. The molecule has 1 saturated heterocycles. The summed E-state index contributed by atoms with van der Waals surface area (Å²) in [6.07, 6.45) is 4.64. The number of carbonyl (C=O) groups excluding carboxylic acids is 2. The first-order valence-electron chi connectivity index (χ1n) is 10.8. The van der Waals surface area contributed by atoms with Crippen molar-refractivity contribution in [2.45, 2.75) is 32.5 Å². The molecule has 3 aromatic rings. The van der Waals surface area contributed by atoms with Gasteiger partial charge >= 0.3 is 0 Å². The molecular weight excluding hydrogens is 404 g/mol. The van der Waals surface area contributed by atoms with Gasteiger partial charge in [0.05, 0.1) is 19.6 Å². The van der Waals surface area contributed by atoms with Crippen molar-refractivity contribution < 1.29 is 14.3 Å². The van der Waals surface area contributed by atoms with E-state index in [1.807, 2.05) is 59.4 Å². The summed E-state index contributed by atoms with van der Waals surface area (Å²) in [6.45, 7) is 2.02. The lowest BCUT2D eigenvalue weighted by Gasteiger charge is -2.32. The number of likely N-dealkylation sites (tertiary alicyclic amines) is 1. The Morgan fingerprint density at radius 1 is 1.12 bits per heavy atom. The maximum atomic E-state index is 12.9. The van der Waals surface area contributed by atoms with E-state index in [9.17, 15) is 9.59 Å². The Morgan fingerprint density at radius 3 is 2.75 bits per heavy atom. The molecule has 2 heterocycles. The second-order valence-electron chi connectivity index (χ2n) is 8.05. The number of hydrogen-bond acceptors (Lipinski definition) is 4. The monoisotopic (exact) mass is 432 g/mol. The summed E-state index contributed by atoms with van der Waals surface area (Å²) in [5.74, 6) is 0.620. The number of piperidine rings is 1. The standard InChI is InChI=1S/C25H28N4O3/c1-32-23-9-4-6-19(14-23)16-28-17-22(10-11-24(28)30)25(31)26-15-20-7-2-3-8-21(20)18-29-13-5-12-27-29/h2-9,12-14,22H,10-11,15-18H2,1H3,(H,26,31). The maximum absolute atomic E-state index is 12.9. The fourth-order valence-electron chi connectivity index (χ4n) is 4.05. The predicted molar refractivity (Wildman–Crippen MR) is 121 cm³/mol. The second-order valence-corrected chi connectivity index (χ2v) is 8.05. The van der Waals surface area contributed by atoms with Crippen LogP contribution in [0.4, 0.5) is 0 Å². The highest BCUT2D eigenvalue weighted by molar-refractivity contribution is 5.83. The Kier molecular flexibility index (Phi) is 6.84. The number of aromatic nitrogens is 2. The molecule has 2 amide bonds. The molecule has 1 N–H and O–H groups in total. The minimum atomic E-state index is -0.211. The zero-order chi connectivity index (χ0) is 22.3. The molecule has 0 saturated carbocycles. The Morgan fingerprint density at radius 2 is 1.97 bits per heavy atom. The van der Waals surface area contributed by atoms with Gasteiger partial charge in [0.2, 0.25) is 11.8 Å². The third kappa shape index (κ3) is 5.35. The number of methoxy groups -OCH3 is 1. The lowest BCUT2D eigenvalue weighted by molar-refractivity contribution is -0.139. The molecule has 1 aliphatic rings. The molecule has 1 atom stereocenters. The van der Waals surface area contributed by atoms with Crippen LogP contribution in [-0.2, 0) is 29.2 Å². The van der Waals surface area contributed by atoms with Gasteiger partial charge in [-0.05, 0) is 41.3 Å². The average molecular weight is 433 g/mol. The summed E-state index contributed by atoms with van der Waals surface area (Å²) in [6, 6.07) is 17.6. The smallest absolute Gasteiger partial charge is 0.225 e. The SMILES string of the molecule is COc1cccc(CN2CC(C(=O)NCc3ccccc3Cn3cccn3)CCC2=O)c1. The van der Waals surface area contributed by atoms with E-state index in [2.05, 4.69) is 16.5 Å². The molecule has 0 bridgehead atoms. The number of nitrogens with one attached hydrogen (secondary N) is 1. The highest BCUT2D eigenvalue weighted by Crippen LogP contribution is 2.22. The van der Waals surface area contributed by atoms with Crippen molar-refractivity contribution in [1.82, 2.24) is 20.0 Å². The molecule has 0 radical (unpaired) electrons. The summed E-state index contributed by atoms with van der Waals surface area (Å²) < 4.78 is 7.14. The molecule has 32 heavy (non-hydrogen) atoms. The quantitative estimate of drug-likeness (QED) is 0.594. The fourth-order valence-corrected chi connectivity index (χ4v) is 4.05. The molecule has 1 fully saturated rings. The number of nitrogens with zero attached hydrogens (tertiary/aromatic N) is 3. The van der Waals surface area contributed by atoms with Gasteiger partial charge in [0.15, 0.2) is 0 Å². The summed E-state index contributed by atoms with van der Waals surface area (Å²) in [7, 11) is 1.62. The fraction of sp³-hybridized carbons (Fsp3) is 0.320. The lowest BCUT2D eigenvalue weighted by Crippen LogP contribution is -2.45. The average Bonchev–Trinajstić information content (AvgIpc) is 3.33. The van der Waals surface area contributed by atoms with Crippen LogP contribution < -0.4 is 10.1 Å². The number of amides is 2. The normalized spacial score (nSPS) is 16.1. The van der Waals surface area contributed by atoms with Crippen molar-refractivity contribution in [3.63, 3.8) is 0 Å². The van der Waals surface area contributed by atoms with Crippen LogP contribution >= 0.6 is 0 Å². The summed E-state index contributed by atoms with van der Waals surface area (Å²) in [5.41, 5.74) is 3.18. The zero-order valence-corrected chi connectivity index (χ0v) is 18.2. The predicted octanol–water partition coefficient (Wildman–Crippen LogP) is 3.00. The Bertz CT molecular complexity index is 1060. The van der Waals surface area contributed by atoms with E-state index in [1.54, 1.807) is 18.2 Å². The molecule has 7 heteroatoms. The van der Waals surface area contributed by atoms with Crippen LogP contribution in [0.5, 0.6) is 5.75 Å². The summed E-state index contributed by atoms with van der Waals surface area (Å²) in [5, 5.41) is 7.35. The molecule has 1 aromatic heterocycles. The van der Waals surface area contributed by atoms with Crippen molar-refractivity contribution in [2.24, 2.45) is 5.92 Å². The van der Waals surface area contributed by atoms with Gasteiger partial charge in [0.25, 0.3) is 0 Å². The number of carbonyl (C=O) groups is 2. The van der Waals surface area contributed by atoms with E-state index in [0.29, 0.717) is 39.0 Å². The number of ether oxygens (including phenoxy) is 1. The highest BCUT2D eigenvalue weighted by Gasteiger charge is 2.30. The summed E-state index contributed by atoms with van der Waals surface area (Å²) in [4.78, 5) is 27.1. The van der Waals surface area contributed by atoms with Crippen molar-refractivity contribution >= 4 is 11.8 Å². The van der Waals surface area contributed by atoms with Gasteiger partial charge in [0, 0.05) is 38.4 Å². The topological polar surface area (TPSA) is 76.5 Å². The van der Waals surface area contributed by atoms with E-state index in [4.69, 9.17) is 4.74 Å². The van der Waals surface area contributed by atoms with E-state index >= 15 is 0 Å². The van der Waals surface area contributed by atoms with Gasteiger partial charge in [-0.25, -0.2) is 0 Å². The number of rotatable bonds is 8. The highest BCUT2D eigenvalue weighted by atomic mass is 16.5. The van der Waals surface area contributed by atoms with Crippen LogP contribution in [0.3, 0.4) is 0 Å². The van der Waals surface area contributed by atoms with Gasteiger partial charge < -0.3 is 15.0 Å². The Labute approximate surface area is 188 Å². The maximum Gasteiger partial charge on any atom is 0.225 e. The third-order valence-corrected chi connectivity index (χ3v) is 5.84. The molecule has 7 nitrogen and oxygen atoms in total. The third-order valence-electron chi connectivity index (χ3n) is 5.84. The lowest BCUT2D eigenvalue weighted by atomic mass is 9.96. The molecule has 0 aliphatic carbocycles. The molecule has 1 unspecified atom stereocenters. The Hall–Kier alpha value is -3.61. The molecule has 2 aromatic carbocycles. The molecular formula is C25H28N4O3. The van der Waals surface area contributed by atoms with Crippen molar-refractivity contribution in [1.29, 1.82) is 0 Å². The van der Waals surface area contributed by atoms with Gasteiger partial charge in [-0.15, -0.1) is 0 Å². The number of benzene rings is 2. The van der Waals surface area contributed by atoms with Crippen LogP contribution in [0.1, 0.15) is 29.5 Å². The van der Waals surface area contributed by atoms with E-state index in [0.717, 1.165) is 22.4 Å². The van der Waals surface area contributed by atoms with Crippen molar-refractivity contribution in [3.8, 4) is 5.75 Å². The largest absolute Gasteiger partial charge is 0.497 e. The molecule has 166 valence electrons. The minimum Gasteiger partial charge on any atom is -0.497 e. The van der Waals surface area contributed by atoms with E-state index in [-0.39, 0.29) is 17.7 Å². The Balaban J connectivity index is 1.36. The van der Waals surface area contributed by atoms with Gasteiger partial charge in [-0.1, -0.05) is 36.4 Å². The number of hydrogen-bond donors (Lipinski definition) is 1. The second kappa shape index (κ2) is 10.1. The van der Waals surface area contributed by atoms with Gasteiger partial charge in [-0.3, -0.25) is 14.3 Å². The van der Waals surface area contributed by atoms with Crippen molar-refractivity contribution in [3.05, 3.63) is 83.7 Å². The van der Waals surface area contributed by atoms with Crippen LogP contribution in [0.2, 0.25) is 0 Å². The van der Waals surface area contributed by atoms with E-state index in [1.165, 1.54) is 0 Å². The van der Waals surface area contributed by atoms with Crippen molar-refractivity contribution in [2.75, 3.05) is 13.7 Å². The van der Waals surface area contributed by atoms with Gasteiger partial charge in [0.1, 0.15) is 5.75 Å². The van der Waals surface area contributed by atoms with Crippen LogP contribution in [0, 0.1) is 5.92 Å². The summed E-state index contributed by atoms with van der Waals surface area (Å²) >= 11 is 0. The molecule has 4 rings (SSSR count). The minimum absolute atomic E-state index is 0.0120. The zero-order valence-electron chi connectivity index (χ0n) is 18.2. The van der Waals surface area contributed by atoms with Crippen LogP contribution in [-0.4, -0.2) is 40.1 Å². The van der Waals surface area contributed by atoms with Gasteiger partial charge in [-0.2, -0.15) is 5.10 Å². The molecule has 0 spiro atoms. The van der Waals surface area contributed by atoms with Crippen LogP contribution in [0.15, 0.2) is 67.0 Å². The van der Waals surface area contributed by atoms with Crippen LogP contribution in [0.25, 0.3) is 0 Å². The molecule has 1 aliphatic heterocycles. The first-order chi connectivity index (χ1) is 15.6.